The van der Waals surface area contributed by atoms with Crippen LogP contribution in [0.15, 0.2) is 91.0 Å². The minimum atomic E-state index is -1.42. The maximum atomic E-state index is 13.3. The van der Waals surface area contributed by atoms with Crippen molar-refractivity contribution in [3.8, 4) is 0 Å². The SMILES string of the molecule is Cc1c(Cl)cccc1N1C(=O)c2ccc(C(=O)O[C@@H](C(=O)c3ccccc3)c3ccc([N+](=O)[O-])cc3)cc2C1=O. The number of nitro groups is 1. The molecule has 1 atom stereocenters. The molecule has 5 rings (SSSR count). The topological polar surface area (TPSA) is 124 Å². The third kappa shape index (κ3) is 4.74. The first-order valence-corrected chi connectivity index (χ1v) is 12.4. The normalized spacial score (nSPS) is 13.1. The van der Waals surface area contributed by atoms with E-state index in [1.165, 1.54) is 42.5 Å². The number of hydrogen-bond donors (Lipinski definition) is 0. The maximum absolute atomic E-state index is 13.3. The number of non-ortho nitro benzene ring substituents is 1. The van der Waals surface area contributed by atoms with Gasteiger partial charge in [0.25, 0.3) is 17.5 Å². The maximum Gasteiger partial charge on any atom is 0.339 e. The molecule has 198 valence electrons. The Labute approximate surface area is 232 Å². The van der Waals surface area contributed by atoms with Gasteiger partial charge in [-0.2, -0.15) is 0 Å². The molecular formula is C30H19ClN2O7. The summed E-state index contributed by atoms with van der Waals surface area (Å²) in [5.74, 6) is -2.66. The lowest BCUT2D eigenvalue weighted by Crippen LogP contribution is -2.30. The predicted molar refractivity (Wildman–Crippen MR) is 146 cm³/mol. The van der Waals surface area contributed by atoms with E-state index in [0.29, 0.717) is 16.3 Å². The van der Waals surface area contributed by atoms with Crippen LogP contribution in [0.25, 0.3) is 0 Å². The number of hydrogen-bond acceptors (Lipinski definition) is 7. The summed E-state index contributed by atoms with van der Waals surface area (Å²) in [6.45, 7) is 1.69. The van der Waals surface area contributed by atoms with Gasteiger partial charge in [-0.05, 0) is 55.0 Å². The smallest absolute Gasteiger partial charge is 0.339 e. The lowest BCUT2D eigenvalue weighted by atomic mass is 9.99. The van der Waals surface area contributed by atoms with E-state index in [1.54, 1.807) is 55.5 Å². The molecule has 1 aliphatic heterocycles. The highest BCUT2D eigenvalue weighted by Crippen LogP contribution is 2.34. The summed E-state index contributed by atoms with van der Waals surface area (Å²) in [4.78, 5) is 64.5. The number of rotatable bonds is 7. The molecule has 0 saturated carbocycles. The molecular weight excluding hydrogens is 536 g/mol. The van der Waals surface area contributed by atoms with Crippen LogP contribution in [0.4, 0.5) is 11.4 Å². The molecule has 4 aromatic rings. The number of carbonyl (C=O) groups excluding carboxylic acids is 4. The van der Waals surface area contributed by atoms with Gasteiger partial charge in [0, 0.05) is 28.3 Å². The third-order valence-electron chi connectivity index (χ3n) is 6.53. The standard InChI is InChI=1S/C30H19ClN2O7/c1-17-24(31)8-5-9-25(17)32-28(35)22-15-12-20(16-23(22)29(32)36)30(37)40-27(26(34)18-6-3-2-4-7-18)19-10-13-21(14-11-19)33(38)39/h2-16,27H,1H3/t27-/m1/s1. The van der Waals surface area contributed by atoms with E-state index in [2.05, 4.69) is 0 Å². The minimum absolute atomic E-state index is 0.0000901. The van der Waals surface area contributed by atoms with E-state index in [4.69, 9.17) is 16.3 Å². The first-order chi connectivity index (χ1) is 19.2. The van der Waals surface area contributed by atoms with Gasteiger partial charge in [0.05, 0.1) is 27.3 Å². The third-order valence-corrected chi connectivity index (χ3v) is 6.94. The highest BCUT2D eigenvalue weighted by Gasteiger charge is 2.38. The predicted octanol–water partition coefficient (Wildman–Crippen LogP) is 6.14. The van der Waals surface area contributed by atoms with Crippen LogP contribution in [0.1, 0.15) is 58.7 Å². The number of nitro benzene ring substituents is 1. The molecule has 0 aromatic heterocycles. The summed E-state index contributed by atoms with van der Waals surface area (Å²) in [7, 11) is 0. The summed E-state index contributed by atoms with van der Waals surface area (Å²) in [6.07, 6.45) is -1.42. The molecule has 4 aromatic carbocycles. The molecule has 1 aliphatic rings. The van der Waals surface area contributed by atoms with Crippen LogP contribution < -0.4 is 4.90 Å². The fourth-order valence-electron chi connectivity index (χ4n) is 4.40. The van der Waals surface area contributed by atoms with Crippen LogP contribution in [-0.2, 0) is 4.74 Å². The molecule has 0 fully saturated rings. The summed E-state index contributed by atoms with van der Waals surface area (Å²) >= 11 is 6.19. The molecule has 2 amide bonds. The second-order valence-corrected chi connectivity index (χ2v) is 9.36. The van der Waals surface area contributed by atoms with Crippen molar-refractivity contribution in [3.05, 3.63) is 140 Å². The molecule has 0 spiro atoms. The minimum Gasteiger partial charge on any atom is -0.445 e. The average Bonchev–Trinajstić information content (AvgIpc) is 3.22. The molecule has 0 unspecified atom stereocenters. The summed E-state index contributed by atoms with van der Waals surface area (Å²) in [6, 6.07) is 22.0. The van der Waals surface area contributed by atoms with E-state index in [-0.39, 0.29) is 33.5 Å². The number of anilines is 1. The first kappa shape index (κ1) is 26.5. The molecule has 0 aliphatic carbocycles. The number of Topliss-reactive ketones (excluding diaryl/α,β-unsaturated/α-hetero) is 1. The average molecular weight is 555 g/mol. The van der Waals surface area contributed by atoms with Gasteiger partial charge in [-0.1, -0.05) is 48.0 Å². The number of carbonyl (C=O) groups is 4. The van der Waals surface area contributed by atoms with Gasteiger partial charge in [-0.15, -0.1) is 0 Å². The number of fused-ring (bicyclic) bond motifs is 1. The molecule has 0 bridgehead atoms. The number of imide groups is 1. The van der Waals surface area contributed by atoms with Crippen molar-refractivity contribution in [2.24, 2.45) is 0 Å². The van der Waals surface area contributed by atoms with E-state index in [0.717, 1.165) is 4.90 Å². The molecule has 0 radical (unpaired) electrons. The lowest BCUT2D eigenvalue weighted by molar-refractivity contribution is -0.384. The van der Waals surface area contributed by atoms with Crippen molar-refractivity contribution in [1.82, 2.24) is 0 Å². The zero-order valence-electron chi connectivity index (χ0n) is 20.9. The second kappa shape index (κ2) is 10.5. The Hall–Kier alpha value is -5.15. The van der Waals surface area contributed by atoms with Crippen LogP contribution >= 0.6 is 11.6 Å². The van der Waals surface area contributed by atoms with Crippen LogP contribution in [0, 0.1) is 17.0 Å². The van der Waals surface area contributed by atoms with E-state index in [9.17, 15) is 29.3 Å². The molecule has 0 N–H and O–H groups in total. The van der Waals surface area contributed by atoms with E-state index in [1.807, 2.05) is 0 Å². The summed E-state index contributed by atoms with van der Waals surface area (Å²) < 4.78 is 5.62. The van der Waals surface area contributed by atoms with Crippen molar-refractivity contribution in [2.75, 3.05) is 4.90 Å². The zero-order chi connectivity index (χ0) is 28.6. The second-order valence-electron chi connectivity index (χ2n) is 8.95. The summed E-state index contributed by atoms with van der Waals surface area (Å²) in [5, 5.41) is 11.5. The Morgan fingerprint density at radius 1 is 0.850 bits per heavy atom. The lowest BCUT2D eigenvalue weighted by Gasteiger charge is -2.18. The van der Waals surface area contributed by atoms with E-state index < -0.39 is 34.6 Å². The van der Waals surface area contributed by atoms with Crippen LogP contribution in [-0.4, -0.2) is 28.5 Å². The van der Waals surface area contributed by atoms with Gasteiger partial charge < -0.3 is 4.74 Å². The number of halogens is 1. The number of esters is 1. The number of ether oxygens (including phenoxy) is 1. The van der Waals surface area contributed by atoms with Crippen LogP contribution in [0.3, 0.4) is 0 Å². The van der Waals surface area contributed by atoms with Gasteiger partial charge in [0.15, 0.2) is 6.10 Å². The number of amides is 2. The monoisotopic (exact) mass is 554 g/mol. The van der Waals surface area contributed by atoms with Crippen molar-refractivity contribution < 1.29 is 28.8 Å². The molecule has 10 heteroatoms. The van der Waals surface area contributed by atoms with Crippen molar-refractivity contribution in [2.45, 2.75) is 13.0 Å². The Balaban J connectivity index is 1.47. The fourth-order valence-corrected chi connectivity index (χ4v) is 4.57. The Kier molecular flexibility index (Phi) is 6.98. The number of ketones is 1. The fraction of sp³-hybridized carbons (Fsp3) is 0.0667. The molecule has 40 heavy (non-hydrogen) atoms. The highest BCUT2D eigenvalue weighted by molar-refractivity contribution is 6.36. The zero-order valence-corrected chi connectivity index (χ0v) is 21.6. The quantitative estimate of drug-likeness (QED) is 0.0883. The number of nitrogens with zero attached hydrogens (tertiary/aromatic N) is 2. The van der Waals surface area contributed by atoms with Gasteiger partial charge in [0.2, 0.25) is 5.78 Å². The molecule has 0 saturated heterocycles. The Morgan fingerprint density at radius 3 is 2.20 bits per heavy atom. The van der Waals surface area contributed by atoms with Gasteiger partial charge in [0.1, 0.15) is 0 Å². The van der Waals surface area contributed by atoms with Gasteiger partial charge >= 0.3 is 5.97 Å². The Bertz CT molecular complexity index is 1700. The van der Waals surface area contributed by atoms with Crippen molar-refractivity contribution in [1.29, 1.82) is 0 Å². The van der Waals surface area contributed by atoms with Crippen molar-refractivity contribution >= 4 is 46.5 Å². The molecule has 9 nitrogen and oxygen atoms in total. The number of benzene rings is 4. The largest absolute Gasteiger partial charge is 0.445 e. The molecule has 1 heterocycles. The highest BCUT2D eigenvalue weighted by atomic mass is 35.5. The first-order valence-electron chi connectivity index (χ1n) is 12.0. The van der Waals surface area contributed by atoms with Crippen LogP contribution in [0.2, 0.25) is 5.02 Å². The van der Waals surface area contributed by atoms with E-state index >= 15 is 0 Å². The Morgan fingerprint density at radius 2 is 1.52 bits per heavy atom. The van der Waals surface area contributed by atoms with Gasteiger partial charge in [-0.25, -0.2) is 9.69 Å². The summed E-state index contributed by atoms with van der Waals surface area (Å²) in [5.41, 5.74) is 1.22. The van der Waals surface area contributed by atoms with Crippen molar-refractivity contribution in [3.63, 3.8) is 0 Å². The van der Waals surface area contributed by atoms with Gasteiger partial charge in [-0.3, -0.25) is 24.5 Å². The van der Waals surface area contributed by atoms with Crippen LogP contribution in [0.5, 0.6) is 0 Å².